The van der Waals surface area contributed by atoms with Gasteiger partial charge in [0, 0.05) is 29.9 Å². The zero-order valence-corrected chi connectivity index (χ0v) is 13.8. The summed E-state index contributed by atoms with van der Waals surface area (Å²) in [6.07, 6.45) is 0. The summed E-state index contributed by atoms with van der Waals surface area (Å²) in [5.41, 5.74) is 2.23. The highest BCUT2D eigenvalue weighted by Gasteiger charge is 2.07. The van der Waals surface area contributed by atoms with E-state index in [1.807, 2.05) is 17.5 Å². The Hall–Kier alpha value is -1.24. The molecule has 1 heterocycles. The van der Waals surface area contributed by atoms with E-state index in [1.54, 1.807) is 0 Å². The molecule has 0 saturated carbocycles. The molecule has 1 N–H and O–H groups in total. The number of halogens is 1. The summed E-state index contributed by atoms with van der Waals surface area (Å²) in [6.45, 7) is 3.10. The number of aromatic nitrogens is 1. The van der Waals surface area contributed by atoms with Crippen molar-refractivity contribution in [3.05, 3.63) is 45.4 Å². The standard InChI is InChI=1S/C14H16BrN3OS/c1-10(19)16-14-17-13(9-20-14)8-18(2)7-11-3-5-12(15)6-4-11/h3-6,9H,7-8H2,1-2H3,(H,16,17,19). The van der Waals surface area contributed by atoms with E-state index in [4.69, 9.17) is 0 Å². The molecule has 0 spiro atoms. The normalized spacial score (nSPS) is 10.8. The molecule has 0 unspecified atom stereocenters. The molecule has 20 heavy (non-hydrogen) atoms. The molecular formula is C14H16BrN3OS. The van der Waals surface area contributed by atoms with E-state index >= 15 is 0 Å². The number of carbonyl (C=O) groups is 1. The molecule has 1 aromatic carbocycles. The van der Waals surface area contributed by atoms with Crippen molar-refractivity contribution < 1.29 is 4.79 Å². The Morgan fingerprint density at radius 2 is 2.05 bits per heavy atom. The van der Waals surface area contributed by atoms with Crippen molar-refractivity contribution in [3.8, 4) is 0 Å². The van der Waals surface area contributed by atoms with Crippen LogP contribution < -0.4 is 5.32 Å². The number of benzene rings is 1. The van der Waals surface area contributed by atoms with Crippen LogP contribution in [0.15, 0.2) is 34.1 Å². The molecule has 1 amide bonds. The van der Waals surface area contributed by atoms with Crippen molar-refractivity contribution in [2.45, 2.75) is 20.0 Å². The predicted octanol–water partition coefficient (Wildman–Crippen LogP) is 3.50. The lowest BCUT2D eigenvalue weighted by Crippen LogP contribution is -2.17. The lowest BCUT2D eigenvalue weighted by Gasteiger charge is -2.15. The van der Waals surface area contributed by atoms with Gasteiger partial charge in [0.25, 0.3) is 0 Å². The zero-order chi connectivity index (χ0) is 14.5. The van der Waals surface area contributed by atoms with Crippen molar-refractivity contribution in [3.63, 3.8) is 0 Å². The SMILES string of the molecule is CC(=O)Nc1nc(CN(C)Cc2ccc(Br)cc2)cs1. The van der Waals surface area contributed by atoms with E-state index in [1.165, 1.54) is 23.8 Å². The second-order valence-electron chi connectivity index (χ2n) is 4.62. The number of nitrogens with zero attached hydrogens (tertiary/aromatic N) is 2. The van der Waals surface area contributed by atoms with Gasteiger partial charge in [-0.15, -0.1) is 11.3 Å². The van der Waals surface area contributed by atoms with Gasteiger partial charge in [0.1, 0.15) is 0 Å². The van der Waals surface area contributed by atoms with E-state index in [9.17, 15) is 4.79 Å². The molecule has 0 saturated heterocycles. The largest absolute Gasteiger partial charge is 0.302 e. The quantitative estimate of drug-likeness (QED) is 0.894. The summed E-state index contributed by atoms with van der Waals surface area (Å²) in [7, 11) is 2.06. The van der Waals surface area contributed by atoms with Crippen LogP contribution in [0.3, 0.4) is 0 Å². The van der Waals surface area contributed by atoms with Gasteiger partial charge in [-0.3, -0.25) is 9.69 Å². The molecule has 106 valence electrons. The smallest absolute Gasteiger partial charge is 0.223 e. The van der Waals surface area contributed by atoms with Gasteiger partial charge in [0.05, 0.1) is 5.69 Å². The molecule has 1 aromatic heterocycles. The van der Waals surface area contributed by atoms with Crippen LogP contribution in [0.5, 0.6) is 0 Å². The first-order valence-corrected chi connectivity index (χ1v) is 7.85. The Morgan fingerprint density at radius 3 is 2.70 bits per heavy atom. The number of amides is 1. The Kier molecular flexibility index (Phi) is 5.28. The Morgan fingerprint density at radius 1 is 1.35 bits per heavy atom. The Labute approximate surface area is 131 Å². The first-order chi connectivity index (χ1) is 9.52. The van der Waals surface area contributed by atoms with Gasteiger partial charge in [-0.1, -0.05) is 28.1 Å². The van der Waals surface area contributed by atoms with Crippen LogP contribution in [-0.4, -0.2) is 22.8 Å². The number of hydrogen-bond donors (Lipinski definition) is 1. The van der Waals surface area contributed by atoms with E-state index in [0.717, 1.165) is 23.3 Å². The minimum Gasteiger partial charge on any atom is -0.302 e. The zero-order valence-electron chi connectivity index (χ0n) is 11.4. The molecular weight excluding hydrogens is 338 g/mol. The predicted molar refractivity (Wildman–Crippen MR) is 85.7 cm³/mol. The summed E-state index contributed by atoms with van der Waals surface area (Å²) in [5, 5.41) is 5.33. The fourth-order valence-electron chi connectivity index (χ4n) is 1.82. The molecule has 0 aliphatic carbocycles. The van der Waals surface area contributed by atoms with Crippen molar-refractivity contribution in [2.75, 3.05) is 12.4 Å². The summed E-state index contributed by atoms with van der Waals surface area (Å²) >= 11 is 4.88. The molecule has 0 radical (unpaired) electrons. The number of anilines is 1. The second-order valence-corrected chi connectivity index (χ2v) is 6.40. The van der Waals surface area contributed by atoms with Crippen LogP contribution in [0.4, 0.5) is 5.13 Å². The minimum atomic E-state index is -0.0888. The maximum atomic E-state index is 11.0. The average molecular weight is 354 g/mol. The maximum absolute atomic E-state index is 11.0. The van der Waals surface area contributed by atoms with Crippen molar-refractivity contribution >= 4 is 38.3 Å². The fraction of sp³-hybridized carbons (Fsp3) is 0.286. The van der Waals surface area contributed by atoms with E-state index in [-0.39, 0.29) is 5.91 Å². The molecule has 0 aliphatic heterocycles. The number of thiazole rings is 1. The first-order valence-electron chi connectivity index (χ1n) is 6.18. The van der Waals surface area contributed by atoms with Crippen LogP contribution in [0, 0.1) is 0 Å². The van der Waals surface area contributed by atoms with Crippen LogP contribution in [0.25, 0.3) is 0 Å². The fourth-order valence-corrected chi connectivity index (χ4v) is 2.83. The summed E-state index contributed by atoms with van der Waals surface area (Å²) in [6, 6.07) is 8.29. The lowest BCUT2D eigenvalue weighted by molar-refractivity contribution is -0.114. The highest BCUT2D eigenvalue weighted by atomic mass is 79.9. The minimum absolute atomic E-state index is 0.0888. The molecule has 4 nitrogen and oxygen atoms in total. The third-order valence-electron chi connectivity index (χ3n) is 2.63. The average Bonchev–Trinajstić information content (AvgIpc) is 2.78. The molecule has 6 heteroatoms. The van der Waals surface area contributed by atoms with Crippen molar-refractivity contribution in [1.29, 1.82) is 0 Å². The third-order valence-corrected chi connectivity index (χ3v) is 3.97. The van der Waals surface area contributed by atoms with Crippen LogP contribution in [0.2, 0.25) is 0 Å². The second kappa shape index (κ2) is 6.97. The molecule has 0 fully saturated rings. The van der Waals surface area contributed by atoms with E-state index in [0.29, 0.717) is 5.13 Å². The van der Waals surface area contributed by atoms with Gasteiger partial charge in [-0.2, -0.15) is 0 Å². The molecule has 0 atom stereocenters. The molecule has 0 aliphatic rings. The molecule has 0 bridgehead atoms. The van der Waals surface area contributed by atoms with Crippen LogP contribution in [-0.2, 0) is 17.9 Å². The number of hydrogen-bond acceptors (Lipinski definition) is 4. The van der Waals surface area contributed by atoms with Gasteiger partial charge in [-0.05, 0) is 24.7 Å². The Balaban J connectivity index is 1.90. The maximum Gasteiger partial charge on any atom is 0.223 e. The highest BCUT2D eigenvalue weighted by molar-refractivity contribution is 9.10. The van der Waals surface area contributed by atoms with Gasteiger partial charge in [0.2, 0.25) is 5.91 Å². The topological polar surface area (TPSA) is 45.2 Å². The first kappa shape index (κ1) is 15.2. The van der Waals surface area contributed by atoms with Gasteiger partial charge in [0.15, 0.2) is 5.13 Å². The van der Waals surface area contributed by atoms with Gasteiger partial charge >= 0.3 is 0 Å². The number of nitrogens with one attached hydrogen (secondary N) is 1. The summed E-state index contributed by atoms with van der Waals surface area (Å²) in [5.74, 6) is -0.0888. The molecule has 2 aromatic rings. The molecule has 2 rings (SSSR count). The lowest BCUT2D eigenvalue weighted by atomic mass is 10.2. The summed E-state index contributed by atoms with van der Waals surface area (Å²) < 4.78 is 1.09. The summed E-state index contributed by atoms with van der Waals surface area (Å²) in [4.78, 5) is 17.5. The van der Waals surface area contributed by atoms with Crippen LogP contribution in [0.1, 0.15) is 18.2 Å². The van der Waals surface area contributed by atoms with E-state index in [2.05, 4.69) is 50.3 Å². The van der Waals surface area contributed by atoms with Crippen molar-refractivity contribution in [2.24, 2.45) is 0 Å². The number of carbonyl (C=O) groups excluding carboxylic acids is 1. The monoisotopic (exact) mass is 353 g/mol. The third kappa shape index (κ3) is 4.70. The van der Waals surface area contributed by atoms with Crippen molar-refractivity contribution in [1.82, 2.24) is 9.88 Å². The number of rotatable bonds is 5. The van der Waals surface area contributed by atoms with Crippen LogP contribution >= 0.6 is 27.3 Å². The van der Waals surface area contributed by atoms with Gasteiger partial charge in [-0.25, -0.2) is 4.98 Å². The Bertz CT molecular complexity index is 582. The van der Waals surface area contributed by atoms with Gasteiger partial charge < -0.3 is 5.32 Å². The van der Waals surface area contributed by atoms with E-state index < -0.39 is 0 Å². The highest BCUT2D eigenvalue weighted by Crippen LogP contribution is 2.17.